The van der Waals surface area contributed by atoms with E-state index in [2.05, 4.69) is 16.5 Å². The summed E-state index contributed by atoms with van der Waals surface area (Å²) in [5, 5.41) is 0. The summed E-state index contributed by atoms with van der Waals surface area (Å²) in [4.78, 5) is 4.62. The third-order valence-corrected chi connectivity index (χ3v) is 3.58. The summed E-state index contributed by atoms with van der Waals surface area (Å²) < 4.78 is 15.0. The first-order valence-corrected chi connectivity index (χ1v) is 6.26. The predicted octanol–water partition coefficient (Wildman–Crippen LogP) is 2.85. The van der Waals surface area contributed by atoms with Crippen LogP contribution in [0.4, 0.5) is 10.2 Å². The van der Waals surface area contributed by atoms with Crippen molar-refractivity contribution < 1.29 is 4.39 Å². The van der Waals surface area contributed by atoms with Gasteiger partial charge in [0.2, 0.25) is 0 Å². The van der Waals surface area contributed by atoms with Gasteiger partial charge in [-0.2, -0.15) is 0 Å². The number of imidazole rings is 1. The van der Waals surface area contributed by atoms with Gasteiger partial charge in [0.05, 0.1) is 0 Å². The van der Waals surface area contributed by atoms with E-state index in [0.717, 1.165) is 36.5 Å². The van der Waals surface area contributed by atoms with E-state index in [4.69, 9.17) is 5.73 Å². The fraction of sp³-hybridized carbons (Fsp3) is 0.357. The second-order valence-electron chi connectivity index (χ2n) is 5.02. The molecule has 18 heavy (non-hydrogen) atoms. The van der Waals surface area contributed by atoms with E-state index in [1.165, 1.54) is 12.1 Å². The molecule has 1 aromatic heterocycles. The van der Waals surface area contributed by atoms with E-state index in [0.29, 0.717) is 11.7 Å². The van der Waals surface area contributed by atoms with Crippen molar-refractivity contribution in [2.75, 3.05) is 5.73 Å². The van der Waals surface area contributed by atoms with E-state index in [9.17, 15) is 4.39 Å². The van der Waals surface area contributed by atoms with E-state index in [1.54, 1.807) is 12.1 Å². The topological polar surface area (TPSA) is 43.8 Å². The van der Waals surface area contributed by atoms with Gasteiger partial charge in [0.1, 0.15) is 23.2 Å². The normalized spacial score (nSPS) is 18.7. The molecule has 2 N–H and O–H groups in total. The minimum absolute atomic E-state index is 0.241. The van der Waals surface area contributed by atoms with Crippen LogP contribution in [0.3, 0.4) is 0 Å². The third-order valence-electron chi connectivity index (χ3n) is 3.58. The van der Waals surface area contributed by atoms with Crippen molar-refractivity contribution in [3.63, 3.8) is 0 Å². The van der Waals surface area contributed by atoms with Crippen LogP contribution in [0.2, 0.25) is 0 Å². The number of hydrogen-bond donors (Lipinski definition) is 1. The van der Waals surface area contributed by atoms with Gasteiger partial charge in [-0.25, -0.2) is 9.37 Å². The fourth-order valence-corrected chi connectivity index (χ4v) is 2.50. The Morgan fingerprint density at radius 3 is 2.78 bits per heavy atom. The molecule has 0 radical (unpaired) electrons. The number of nitrogen functional groups attached to an aromatic ring is 1. The number of aromatic nitrogens is 2. The van der Waals surface area contributed by atoms with Crippen LogP contribution >= 0.6 is 0 Å². The summed E-state index contributed by atoms with van der Waals surface area (Å²) in [5.41, 5.74) is 7.80. The monoisotopic (exact) mass is 245 g/mol. The highest BCUT2D eigenvalue weighted by Crippen LogP contribution is 2.30. The molecule has 1 atom stereocenters. The van der Waals surface area contributed by atoms with Crippen molar-refractivity contribution in [2.45, 2.75) is 26.3 Å². The molecule has 0 fully saturated rings. The number of benzene rings is 1. The highest BCUT2D eigenvalue weighted by atomic mass is 19.1. The molecule has 94 valence electrons. The zero-order valence-electron chi connectivity index (χ0n) is 10.4. The van der Waals surface area contributed by atoms with Crippen molar-refractivity contribution in [1.29, 1.82) is 0 Å². The predicted molar refractivity (Wildman–Crippen MR) is 69.5 cm³/mol. The van der Waals surface area contributed by atoms with E-state index < -0.39 is 0 Å². The summed E-state index contributed by atoms with van der Waals surface area (Å²) in [6, 6.07) is 6.33. The molecule has 0 spiro atoms. The van der Waals surface area contributed by atoms with Gasteiger partial charge in [-0.3, -0.25) is 0 Å². The lowest BCUT2D eigenvalue weighted by atomic mass is 10.0. The van der Waals surface area contributed by atoms with Gasteiger partial charge >= 0.3 is 0 Å². The SMILES string of the molecule is CC1CCn2c(nc(-c3ccc(F)cc3)c2N)C1. The third kappa shape index (κ3) is 1.78. The Morgan fingerprint density at radius 2 is 2.06 bits per heavy atom. The number of anilines is 1. The molecular formula is C14H16FN3. The molecule has 1 unspecified atom stereocenters. The summed E-state index contributed by atoms with van der Waals surface area (Å²) >= 11 is 0. The van der Waals surface area contributed by atoms with Crippen LogP contribution in [-0.2, 0) is 13.0 Å². The molecule has 0 bridgehead atoms. The van der Waals surface area contributed by atoms with Crippen LogP contribution in [0.25, 0.3) is 11.3 Å². The molecule has 0 amide bonds. The standard InChI is InChI=1S/C14H16FN3/c1-9-6-7-18-12(8-9)17-13(14(18)16)10-2-4-11(15)5-3-10/h2-5,9H,6-8,16H2,1H3. The summed E-state index contributed by atoms with van der Waals surface area (Å²) in [6.07, 6.45) is 2.10. The Balaban J connectivity index is 2.06. The Bertz CT molecular complexity index is 571. The first kappa shape index (κ1) is 11.3. The molecular weight excluding hydrogens is 229 g/mol. The van der Waals surface area contributed by atoms with Crippen molar-refractivity contribution in [3.05, 3.63) is 35.9 Å². The van der Waals surface area contributed by atoms with Crippen molar-refractivity contribution in [2.24, 2.45) is 5.92 Å². The van der Waals surface area contributed by atoms with Crippen LogP contribution in [0.5, 0.6) is 0 Å². The molecule has 4 heteroatoms. The highest BCUT2D eigenvalue weighted by Gasteiger charge is 2.21. The molecule has 2 aromatic rings. The first-order valence-electron chi connectivity index (χ1n) is 6.26. The maximum Gasteiger partial charge on any atom is 0.131 e. The zero-order chi connectivity index (χ0) is 12.7. The summed E-state index contributed by atoms with van der Waals surface area (Å²) in [7, 11) is 0. The number of halogens is 1. The van der Waals surface area contributed by atoms with Crippen LogP contribution in [0.15, 0.2) is 24.3 Å². The van der Waals surface area contributed by atoms with Gasteiger partial charge in [0.15, 0.2) is 0 Å². The molecule has 3 nitrogen and oxygen atoms in total. The largest absolute Gasteiger partial charge is 0.383 e. The van der Waals surface area contributed by atoms with E-state index in [1.807, 2.05) is 0 Å². The van der Waals surface area contributed by atoms with E-state index >= 15 is 0 Å². The Morgan fingerprint density at radius 1 is 1.33 bits per heavy atom. The van der Waals surface area contributed by atoms with Crippen molar-refractivity contribution in [1.82, 2.24) is 9.55 Å². The van der Waals surface area contributed by atoms with Crippen LogP contribution < -0.4 is 5.73 Å². The number of fused-ring (bicyclic) bond motifs is 1. The van der Waals surface area contributed by atoms with Crippen LogP contribution in [0.1, 0.15) is 19.2 Å². The fourth-order valence-electron chi connectivity index (χ4n) is 2.50. The number of hydrogen-bond acceptors (Lipinski definition) is 2. The molecule has 1 aromatic carbocycles. The lowest BCUT2D eigenvalue weighted by molar-refractivity contribution is 0.412. The van der Waals surface area contributed by atoms with Crippen molar-refractivity contribution >= 4 is 5.82 Å². The first-order chi connectivity index (χ1) is 8.65. The second-order valence-corrected chi connectivity index (χ2v) is 5.02. The van der Waals surface area contributed by atoms with Gasteiger partial charge < -0.3 is 10.3 Å². The van der Waals surface area contributed by atoms with Gasteiger partial charge in [-0.1, -0.05) is 6.92 Å². The van der Waals surface area contributed by atoms with Gasteiger partial charge in [0, 0.05) is 18.5 Å². The molecule has 1 aliphatic rings. The lowest BCUT2D eigenvalue weighted by Crippen LogP contribution is -2.18. The van der Waals surface area contributed by atoms with E-state index in [-0.39, 0.29) is 5.82 Å². The Labute approximate surface area is 105 Å². The molecule has 0 saturated carbocycles. The number of rotatable bonds is 1. The summed E-state index contributed by atoms with van der Waals surface area (Å²) in [6.45, 7) is 3.16. The number of nitrogens with two attached hydrogens (primary N) is 1. The minimum atomic E-state index is -0.241. The molecule has 0 saturated heterocycles. The lowest BCUT2D eigenvalue weighted by Gasteiger charge is -2.20. The maximum absolute atomic E-state index is 12.9. The second kappa shape index (κ2) is 4.12. The average molecular weight is 245 g/mol. The smallest absolute Gasteiger partial charge is 0.131 e. The maximum atomic E-state index is 12.9. The quantitative estimate of drug-likeness (QED) is 0.839. The number of nitrogens with zero attached hydrogens (tertiary/aromatic N) is 2. The molecule has 0 aliphatic carbocycles. The Hall–Kier alpha value is -1.84. The van der Waals surface area contributed by atoms with Gasteiger partial charge in [-0.05, 0) is 36.6 Å². The molecule has 2 heterocycles. The van der Waals surface area contributed by atoms with Crippen LogP contribution in [-0.4, -0.2) is 9.55 Å². The van der Waals surface area contributed by atoms with Crippen molar-refractivity contribution in [3.8, 4) is 11.3 Å². The minimum Gasteiger partial charge on any atom is -0.383 e. The van der Waals surface area contributed by atoms with Gasteiger partial charge in [0.25, 0.3) is 0 Å². The summed E-state index contributed by atoms with van der Waals surface area (Å²) in [5.74, 6) is 2.16. The Kier molecular flexibility index (Phi) is 2.58. The van der Waals surface area contributed by atoms with Crippen LogP contribution in [0, 0.1) is 11.7 Å². The molecule has 3 rings (SSSR count). The van der Waals surface area contributed by atoms with Gasteiger partial charge in [-0.15, -0.1) is 0 Å². The highest BCUT2D eigenvalue weighted by molar-refractivity contribution is 5.71. The zero-order valence-corrected chi connectivity index (χ0v) is 10.4. The molecule has 1 aliphatic heterocycles. The average Bonchev–Trinajstić information content (AvgIpc) is 2.67.